The van der Waals surface area contributed by atoms with Crippen molar-refractivity contribution in [3.05, 3.63) is 36.0 Å². The summed E-state index contributed by atoms with van der Waals surface area (Å²) in [5, 5.41) is 17.4. The van der Waals surface area contributed by atoms with Crippen molar-refractivity contribution in [2.45, 2.75) is 33.1 Å². The van der Waals surface area contributed by atoms with Crippen LogP contribution in [0.1, 0.15) is 33.1 Å². The minimum absolute atomic E-state index is 0.0261. The number of carbonyl (C=O) groups excluding carboxylic acids is 2. The van der Waals surface area contributed by atoms with E-state index in [1.165, 1.54) is 13.1 Å². The summed E-state index contributed by atoms with van der Waals surface area (Å²) in [5.74, 6) is -0.611. The van der Waals surface area contributed by atoms with Gasteiger partial charge in [-0.05, 0) is 31.0 Å². The number of carbonyl (C=O) groups is 2. The van der Waals surface area contributed by atoms with Crippen molar-refractivity contribution in [2.24, 2.45) is 0 Å². The Bertz CT molecular complexity index is 665. The summed E-state index contributed by atoms with van der Waals surface area (Å²) >= 11 is 0. The smallest absolute Gasteiger partial charge is 0.263 e. The Morgan fingerprint density at radius 1 is 1.23 bits per heavy atom. The minimum Gasteiger partial charge on any atom is -0.381 e. The number of amides is 2. The van der Waals surface area contributed by atoms with Crippen LogP contribution >= 0.6 is 0 Å². The topological polar surface area (TPSA) is 103 Å². The zero-order valence-electron chi connectivity index (χ0n) is 15.3. The van der Waals surface area contributed by atoms with Crippen LogP contribution in [0.15, 0.2) is 36.0 Å². The largest absolute Gasteiger partial charge is 0.381 e. The van der Waals surface area contributed by atoms with Crippen molar-refractivity contribution < 1.29 is 14.3 Å². The fourth-order valence-corrected chi connectivity index (χ4v) is 2.01. The predicted octanol–water partition coefficient (Wildman–Crippen LogP) is 2.79. The maximum Gasteiger partial charge on any atom is 0.263 e. The molecule has 0 atom stereocenters. The van der Waals surface area contributed by atoms with Crippen LogP contribution in [0.2, 0.25) is 0 Å². The molecular weight excluding hydrogens is 332 g/mol. The lowest BCUT2D eigenvalue weighted by molar-refractivity contribution is -0.117. The van der Waals surface area contributed by atoms with Crippen LogP contribution in [0.4, 0.5) is 11.4 Å². The van der Waals surface area contributed by atoms with Crippen LogP contribution in [0, 0.1) is 11.3 Å². The number of benzene rings is 1. The summed E-state index contributed by atoms with van der Waals surface area (Å²) in [6.45, 7) is 5.29. The van der Waals surface area contributed by atoms with Gasteiger partial charge in [0.1, 0.15) is 11.6 Å². The first kappa shape index (κ1) is 21.2. The molecule has 1 aromatic rings. The van der Waals surface area contributed by atoms with E-state index in [2.05, 4.69) is 22.9 Å². The highest BCUT2D eigenvalue weighted by molar-refractivity contribution is 5.97. The molecule has 140 valence electrons. The van der Waals surface area contributed by atoms with Gasteiger partial charge in [-0.2, -0.15) is 5.26 Å². The standard InChI is InChI=1S/C19H26N4O3/c1-3-4-10-26-11-6-9-21-19(25)16(13-20)14-22-17-7-5-8-18(12-17)23-15(2)24/h5,7-8,12,14,22H,3-4,6,9-11H2,1-2H3,(H,21,25)(H,23,24)/b16-14-. The van der Waals surface area contributed by atoms with Gasteiger partial charge in [-0.3, -0.25) is 9.59 Å². The molecule has 1 aromatic carbocycles. The normalized spacial score (nSPS) is 10.7. The van der Waals surface area contributed by atoms with Gasteiger partial charge in [0.25, 0.3) is 5.91 Å². The molecule has 3 N–H and O–H groups in total. The van der Waals surface area contributed by atoms with Crippen LogP contribution in [0.5, 0.6) is 0 Å². The molecule has 7 nitrogen and oxygen atoms in total. The van der Waals surface area contributed by atoms with E-state index in [-0.39, 0.29) is 11.5 Å². The quantitative estimate of drug-likeness (QED) is 0.321. The van der Waals surface area contributed by atoms with Crippen LogP contribution < -0.4 is 16.0 Å². The number of nitrogens with one attached hydrogen (secondary N) is 3. The Labute approximate surface area is 154 Å². The van der Waals surface area contributed by atoms with Gasteiger partial charge in [-0.15, -0.1) is 0 Å². The second kappa shape index (κ2) is 12.5. The molecule has 2 amide bonds. The minimum atomic E-state index is -0.438. The van der Waals surface area contributed by atoms with Gasteiger partial charge in [0.05, 0.1) is 0 Å². The molecule has 7 heteroatoms. The Kier molecular flexibility index (Phi) is 10.2. The second-order valence-corrected chi connectivity index (χ2v) is 5.65. The predicted molar refractivity (Wildman–Crippen MR) is 101 cm³/mol. The monoisotopic (exact) mass is 358 g/mol. The SMILES string of the molecule is CCCCOCCCNC(=O)/C(C#N)=C\Nc1cccc(NC(C)=O)c1. The first-order valence-corrected chi connectivity index (χ1v) is 8.67. The van der Waals surface area contributed by atoms with Gasteiger partial charge >= 0.3 is 0 Å². The summed E-state index contributed by atoms with van der Waals surface area (Å²) in [7, 11) is 0. The summed E-state index contributed by atoms with van der Waals surface area (Å²) in [4.78, 5) is 23.1. The van der Waals surface area contributed by atoms with E-state index < -0.39 is 5.91 Å². The van der Waals surface area contributed by atoms with Gasteiger partial charge in [0, 0.05) is 44.3 Å². The number of rotatable bonds is 11. The summed E-state index contributed by atoms with van der Waals surface area (Å²) < 4.78 is 5.41. The van der Waals surface area contributed by atoms with Crippen molar-refractivity contribution in [2.75, 3.05) is 30.4 Å². The molecule has 0 aliphatic carbocycles. The van der Waals surface area contributed by atoms with Crippen molar-refractivity contribution >= 4 is 23.2 Å². The summed E-state index contributed by atoms with van der Waals surface area (Å²) in [5.41, 5.74) is 1.25. The molecule has 0 aliphatic heterocycles. The average molecular weight is 358 g/mol. The van der Waals surface area contributed by atoms with Crippen LogP contribution in [0.3, 0.4) is 0 Å². The fraction of sp³-hybridized carbons (Fsp3) is 0.421. The molecule has 0 unspecified atom stereocenters. The lowest BCUT2D eigenvalue weighted by atomic mass is 10.2. The number of nitriles is 1. The van der Waals surface area contributed by atoms with Gasteiger partial charge in [0.15, 0.2) is 0 Å². The molecule has 1 rings (SSSR count). The highest BCUT2D eigenvalue weighted by Gasteiger charge is 2.08. The second-order valence-electron chi connectivity index (χ2n) is 5.65. The number of unbranched alkanes of at least 4 members (excludes halogenated alkanes) is 1. The third-order valence-corrected chi connectivity index (χ3v) is 3.32. The van der Waals surface area contributed by atoms with E-state index in [1.807, 2.05) is 6.07 Å². The summed E-state index contributed by atoms with van der Waals surface area (Å²) in [6.07, 6.45) is 4.16. The lowest BCUT2D eigenvalue weighted by Gasteiger charge is -2.07. The lowest BCUT2D eigenvalue weighted by Crippen LogP contribution is -2.26. The number of nitrogens with zero attached hydrogens (tertiary/aromatic N) is 1. The van der Waals surface area contributed by atoms with Gasteiger partial charge in [-0.25, -0.2) is 0 Å². The molecule has 0 bridgehead atoms. The van der Waals surface area contributed by atoms with E-state index in [0.717, 1.165) is 19.4 Å². The molecule has 0 aliphatic rings. The molecule has 0 spiro atoms. The molecule has 0 saturated heterocycles. The Hall–Kier alpha value is -2.85. The van der Waals surface area contributed by atoms with Gasteiger partial charge in [-0.1, -0.05) is 19.4 Å². The molecule has 0 saturated carbocycles. The zero-order valence-corrected chi connectivity index (χ0v) is 15.3. The third kappa shape index (κ3) is 8.85. The summed E-state index contributed by atoms with van der Waals surface area (Å²) in [6, 6.07) is 8.85. The number of hydrogen-bond donors (Lipinski definition) is 3. The van der Waals surface area contributed by atoms with E-state index >= 15 is 0 Å². The van der Waals surface area contributed by atoms with Crippen molar-refractivity contribution in [1.82, 2.24) is 5.32 Å². The number of hydrogen-bond acceptors (Lipinski definition) is 5. The van der Waals surface area contributed by atoms with E-state index in [1.54, 1.807) is 24.3 Å². The Morgan fingerprint density at radius 3 is 2.65 bits per heavy atom. The number of anilines is 2. The zero-order chi connectivity index (χ0) is 19.2. The van der Waals surface area contributed by atoms with Gasteiger partial charge < -0.3 is 20.7 Å². The first-order valence-electron chi connectivity index (χ1n) is 8.67. The molecule has 0 radical (unpaired) electrons. The van der Waals surface area contributed by atoms with Crippen LogP contribution in [-0.2, 0) is 14.3 Å². The van der Waals surface area contributed by atoms with E-state index in [9.17, 15) is 9.59 Å². The van der Waals surface area contributed by atoms with Crippen molar-refractivity contribution in [1.29, 1.82) is 5.26 Å². The highest BCUT2D eigenvalue weighted by atomic mass is 16.5. The van der Waals surface area contributed by atoms with Crippen LogP contribution in [0.25, 0.3) is 0 Å². The average Bonchev–Trinajstić information content (AvgIpc) is 2.61. The molecule has 0 heterocycles. The van der Waals surface area contributed by atoms with E-state index in [4.69, 9.17) is 10.00 Å². The highest BCUT2D eigenvalue weighted by Crippen LogP contribution is 2.15. The Balaban J connectivity index is 2.45. The first-order chi connectivity index (χ1) is 12.6. The molecular formula is C19H26N4O3. The molecule has 0 fully saturated rings. The van der Waals surface area contributed by atoms with Crippen molar-refractivity contribution in [3.8, 4) is 6.07 Å². The van der Waals surface area contributed by atoms with Crippen LogP contribution in [-0.4, -0.2) is 31.6 Å². The third-order valence-electron chi connectivity index (χ3n) is 3.32. The maximum atomic E-state index is 12.0. The van der Waals surface area contributed by atoms with Gasteiger partial charge in [0.2, 0.25) is 5.91 Å². The Morgan fingerprint density at radius 2 is 1.96 bits per heavy atom. The fourth-order valence-electron chi connectivity index (χ4n) is 2.01. The molecule has 0 aromatic heterocycles. The molecule has 26 heavy (non-hydrogen) atoms. The maximum absolute atomic E-state index is 12.0. The van der Waals surface area contributed by atoms with Crippen molar-refractivity contribution in [3.63, 3.8) is 0 Å². The van der Waals surface area contributed by atoms with E-state index in [0.29, 0.717) is 30.9 Å². The number of ether oxygens (including phenoxy) is 1.